The summed E-state index contributed by atoms with van der Waals surface area (Å²) in [6.45, 7) is 16.4. The van der Waals surface area contributed by atoms with Crippen molar-refractivity contribution in [2.45, 2.75) is 82.8 Å². The van der Waals surface area contributed by atoms with Crippen molar-refractivity contribution in [3.8, 4) is 11.1 Å². The first-order valence-corrected chi connectivity index (χ1v) is 12.1. The van der Waals surface area contributed by atoms with Gasteiger partial charge in [-0.2, -0.15) is 0 Å². The Morgan fingerprint density at radius 1 is 0.781 bits per heavy atom. The highest BCUT2D eigenvalue weighted by molar-refractivity contribution is 6.62. The van der Waals surface area contributed by atoms with E-state index in [1.165, 1.54) is 22.3 Å². The molecule has 2 aromatic carbocycles. The van der Waals surface area contributed by atoms with Crippen molar-refractivity contribution < 1.29 is 9.31 Å². The summed E-state index contributed by atoms with van der Waals surface area (Å²) >= 11 is 0. The Hall–Kier alpha value is -2.10. The maximum atomic E-state index is 6.40. The third kappa shape index (κ3) is 3.80. The molecule has 2 nitrogen and oxygen atoms in total. The maximum Gasteiger partial charge on any atom is 0.494 e. The summed E-state index contributed by atoms with van der Waals surface area (Å²) in [7, 11) is -0.340. The van der Waals surface area contributed by atoms with Gasteiger partial charge in [-0.25, -0.2) is 0 Å². The Morgan fingerprint density at radius 2 is 1.34 bits per heavy atom. The Morgan fingerprint density at radius 3 is 1.94 bits per heavy atom. The van der Waals surface area contributed by atoms with E-state index in [0.29, 0.717) is 0 Å². The zero-order valence-corrected chi connectivity index (χ0v) is 20.2. The molecule has 0 N–H and O–H groups in total. The van der Waals surface area contributed by atoms with Crippen LogP contribution >= 0.6 is 0 Å². The van der Waals surface area contributed by atoms with Crippen LogP contribution in [0.15, 0.2) is 67.8 Å². The third-order valence-electron chi connectivity index (χ3n) is 7.84. The Labute approximate surface area is 194 Å². The molecule has 0 saturated carbocycles. The smallest absolute Gasteiger partial charge is 0.399 e. The van der Waals surface area contributed by atoms with Gasteiger partial charge in [0, 0.05) is 5.41 Å². The van der Waals surface area contributed by atoms with E-state index in [1.54, 1.807) is 0 Å². The summed E-state index contributed by atoms with van der Waals surface area (Å²) in [5.41, 5.74) is 6.07. The van der Waals surface area contributed by atoms with Gasteiger partial charge in [-0.3, -0.25) is 0 Å². The van der Waals surface area contributed by atoms with Crippen molar-refractivity contribution in [2.24, 2.45) is 0 Å². The molecule has 1 aliphatic carbocycles. The molecule has 2 aliphatic rings. The Bertz CT molecular complexity index is 974. The molecule has 32 heavy (non-hydrogen) atoms. The molecule has 1 aliphatic heterocycles. The van der Waals surface area contributed by atoms with E-state index < -0.39 is 0 Å². The molecule has 3 heteroatoms. The van der Waals surface area contributed by atoms with Crippen molar-refractivity contribution in [3.05, 3.63) is 78.9 Å². The quantitative estimate of drug-likeness (QED) is 0.244. The number of hydrogen-bond donors (Lipinski definition) is 0. The SMILES string of the molecule is C=CCCCC1(CCCC=C)c2ccccc2-c2ccc(B3OC(C)(C)C(C)(C)O3)cc21. The fourth-order valence-electron chi connectivity index (χ4n) is 5.36. The summed E-state index contributed by atoms with van der Waals surface area (Å²) in [6, 6.07) is 15.8. The van der Waals surface area contributed by atoms with E-state index >= 15 is 0 Å². The molecular weight excluding hydrogens is 391 g/mol. The first kappa shape index (κ1) is 23.1. The van der Waals surface area contributed by atoms with Crippen LogP contribution in [0.5, 0.6) is 0 Å². The van der Waals surface area contributed by atoms with Gasteiger partial charge in [0.15, 0.2) is 0 Å². The van der Waals surface area contributed by atoms with Gasteiger partial charge < -0.3 is 9.31 Å². The summed E-state index contributed by atoms with van der Waals surface area (Å²) in [6.07, 6.45) is 10.7. The molecule has 168 valence electrons. The van der Waals surface area contributed by atoms with Crippen LogP contribution in [0.2, 0.25) is 0 Å². The van der Waals surface area contributed by atoms with Crippen LogP contribution in [0.4, 0.5) is 0 Å². The summed E-state index contributed by atoms with van der Waals surface area (Å²) in [5, 5.41) is 0. The minimum absolute atomic E-state index is 0.0115. The average molecular weight is 428 g/mol. The number of unbranched alkanes of at least 4 members (excludes halogenated alkanes) is 2. The molecule has 0 bridgehead atoms. The standard InChI is InChI=1S/C29H37BO2/c1-7-9-13-19-29(20-14-10-8-2)25-16-12-11-15-23(25)24-18-17-22(21-26(24)29)30-31-27(3,4)28(5,6)32-30/h7-8,11-12,15-18,21H,1-2,9-10,13-14,19-20H2,3-6H3. The van der Waals surface area contributed by atoms with Crippen LogP contribution in [0.25, 0.3) is 11.1 Å². The Balaban J connectivity index is 1.80. The average Bonchev–Trinajstić information content (AvgIpc) is 3.16. The third-order valence-corrected chi connectivity index (χ3v) is 7.84. The zero-order chi connectivity index (χ0) is 23.0. The molecule has 0 atom stereocenters. The fraction of sp³-hybridized carbons (Fsp3) is 0.448. The minimum Gasteiger partial charge on any atom is -0.399 e. The van der Waals surface area contributed by atoms with Gasteiger partial charge in [-0.15, -0.1) is 13.2 Å². The fourth-order valence-corrected chi connectivity index (χ4v) is 5.36. The van der Waals surface area contributed by atoms with Crippen molar-refractivity contribution in [1.29, 1.82) is 0 Å². The molecule has 1 saturated heterocycles. The highest BCUT2D eigenvalue weighted by Gasteiger charge is 2.52. The van der Waals surface area contributed by atoms with E-state index in [-0.39, 0.29) is 23.7 Å². The Kier molecular flexibility index (Phi) is 6.26. The van der Waals surface area contributed by atoms with Gasteiger partial charge >= 0.3 is 7.12 Å². The van der Waals surface area contributed by atoms with Crippen molar-refractivity contribution in [3.63, 3.8) is 0 Å². The number of rotatable bonds is 9. The lowest BCUT2D eigenvalue weighted by Gasteiger charge is -2.33. The zero-order valence-electron chi connectivity index (χ0n) is 20.2. The second-order valence-electron chi connectivity index (χ2n) is 10.4. The van der Waals surface area contributed by atoms with Gasteiger partial charge in [-0.1, -0.05) is 54.6 Å². The number of fused-ring (bicyclic) bond motifs is 3. The number of allylic oxidation sites excluding steroid dienone is 2. The lowest BCUT2D eigenvalue weighted by molar-refractivity contribution is 0.00578. The molecule has 1 fully saturated rings. The van der Waals surface area contributed by atoms with Crippen LogP contribution < -0.4 is 5.46 Å². The first-order chi connectivity index (χ1) is 15.3. The molecule has 4 rings (SSSR count). The van der Waals surface area contributed by atoms with Crippen LogP contribution in [0, 0.1) is 0 Å². The molecule has 0 unspecified atom stereocenters. The predicted octanol–water partition coefficient (Wildman–Crippen LogP) is 6.96. The summed E-state index contributed by atoms with van der Waals surface area (Å²) < 4.78 is 12.8. The molecule has 2 aromatic rings. The van der Waals surface area contributed by atoms with Crippen LogP contribution in [0.1, 0.15) is 77.3 Å². The van der Waals surface area contributed by atoms with Gasteiger partial charge in [0.2, 0.25) is 0 Å². The second kappa shape index (κ2) is 8.69. The monoisotopic (exact) mass is 428 g/mol. The van der Waals surface area contributed by atoms with E-state index in [9.17, 15) is 0 Å². The topological polar surface area (TPSA) is 18.5 Å². The first-order valence-electron chi connectivity index (χ1n) is 12.1. The van der Waals surface area contributed by atoms with E-state index in [4.69, 9.17) is 9.31 Å². The molecule has 0 aromatic heterocycles. The van der Waals surface area contributed by atoms with Crippen molar-refractivity contribution in [1.82, 2.24) is 0 Å². The molecule has 0 radical (unpaired) electrons. The van der Waals surface area contributed by atoms with E-state index in [1.807, 2.05) is 12.2 Å². The summed E-state index contributed by atoms with van der Waals surface area (Å²) in [4.78, 5) is 0. The molecular formula is C29H37BO2. The molecule has 0 amide bonds. The lowest BCUT2D eigenvalue weighted by Crippen LogP contribution is -2.41. The van der Waals surface area contributed by atoms with Crippen molar-refractivity contribution in [2.75, 3.05) is 0 Å². The largest absolute Gasteiger partial charge is 0.494 e. The van der Waals surface area contributed by atoms with Gasteiger partial charge in [0.1, 0.15) is 0 Å². The number of hydrogen-bond acceptors (Lipinski definition) is 2. The van der Waals surface area contributed by atoms with Crippen LogP contribution in [-0.2, 0) is 14.7 Å². The van der Waals surface area contributed by atoms with Crippen LogP contribution in [-0.4, -0.2) is 18.3 Å². The van der Waals surface area contributed by atoms with Gasteiger partial charge in [0.25, 0.3) is 0 Å². The maximum absolute atomic E-state index is 6.40. The second-order valence-corrected chi connectivity index (χ2v) is 10.4. The number of benzene rings is 2. The van der Waals surface area contributed by atoms with Gasteiger partial charge in [0.05, 0.1) is 11.2 Å². The van der Waals surface area contributed by atoms with Gasteiger partial charge in [-0.05, 0) is 93.9 Å². The molecule has 1 heterocycles. The predicted molar refractivity (Wildman–Crippen MR) is 136 cm³/mol. The highest BCUT2D eigenvalue weighted by Crippen LogP contribution is 2.54. The lowest BCUT2D eigenvalue weighted by atomic mass is 9.68. The van der Waals surface area contributed by atoms with E-state index in [2.05, 4.69) is 83.3 Å². The van der Waals surface area contributed by atoms with E-state index in [0.717, 1.165) is 44.0 Å². The normalized spacial score (nSPS) is 19.4. The van der Waals surface area contributed by atoms with Crippen molar-refractivity contribution >= 4 is 12.6 Å². The highest BCUT2D eigenvalue weighted by atomic mass is 16.7. The summed E-state index contributed by atoms with van der Waals surface area (Å²) in [5.74, 6) is 0. The van der Waals surface area contributed by atoms with Crippen LogP contribution in [0.3, 0.4) is 0 Å². The molecule has 0 spiro atoms. The minimum atomic E-state index is -0.343.